The summed E-state index contributed by atoms with van der Waals surface area (Å²) in [5.74, 6) is 0.00912. The average Bonchev–Trinajstić information content (AvgIpc) is 3.42. The molecule has 1 N–H and O–H groups in total. The molecule has 130 valence electrons. The largest absolute Gasteiger partial charge is 0.482 e. The summed E-state index contributed by atoms with van der Waals surface area (Å²) < 4.78 is 11.1. The van der Waals surface area contributed by atoms with E-state index in [0.29, 0.717) is 17.9 Å². The minimum atomic E-state index is -1.04. The summed E-state index contributed by atoms with van der Waals surface area (Å²) in [4.78, 5) is 25.1. The van der Waals surface area contributed by atoms with Crippen LogP contribution in [0, 0.1) is 5.92 Å². The van der Waals surface area contributed by atoms with Crippen LogP contribution in [0.4, 0.5) is 0 Å². The number of hydrogen-bond acceptors (Lipinski definition) is 4. The van der Waals surface area contributed by atoms with Gasteiger partial charge in [0.2, 0.25) is 0 Å². The highest BCUT2D eigenvalue weighted by Gasteiger charge is 2.28. The van der Waals surface area contributed by atoms with Crippen molar-refractivity contribution >= 4 is 11.9 Å². The Morgan fingerprint density at radius 3 is 2.83 bits per heavy atom. The predicted molar refractivity (Wildman–Crippen MR) is 87.2 cm³/mol. The van der Waals surface area contributed by atoms with Crippen molar-refractivity contribution in [2.24, 2.45) is 5.92 Å². The van der Waals surface area contributed by atoms with Crippen LogP contribution in [0.5, 0.6) is 5.75 Å². The van der Waals surface area contributed by atoms with E-state index in [-0.39, 0.29) is 12.0 Å². The quantitative estimate of drug-likeness (QED) is 0.828. The number of carbonyl (C=O) groups is 2. The lowest BCUT2D eigenvalue weighted by Crippen LogP contribution is -2.43. The van der Waals surface area contributed by atoms with Gasteiger partial charge >= 0.3 is 5.97 Å². The summed E-state index contributed by atoms with van der Waals surface area (Å²) in [5, 5.41) is 8.67. The third-order valence-electron chi connectivity index (χ3n) is 4.37. The van der Waals surface area contributed by atoms with Crippen molar-refractivity contribution in [2.45, 2.75) is 31.8 Å². The smallest absolute Gasteiger partial charge is 0.341 e. The van der Waals surface area contributed by atoms with Gasteiger partial charge in [-0.15, -0.1) is 0 Å². The zero-order valence-corrected chi connectivity index (χ0v) is 13.6. The molecule has 2 aliphatic rings. The highest BCUT2D eigenvalue weighted by Crippen LogP contribution is 2.30. The highest BCUT2D eigenvalue weighted by molar-refractivity contribution is 5.94. The first-order valence-corrected chi connectivity index (χ1v) is 8.47. The van der Waals surface area contributed by atoms with Gasteiger partial charge < -0.3 is 19.5 Å². The number of carboxylic acid groups (broad SMARTS) is 1. The first-order valence-electron chi connectivity index (χ1n) is 8.47. The Kier molecular flexibility index (Phi) is 5.35. The molecule has 0 bridgehead atoms. The van der Waals surface area contributed by atoms with Gasteiger partial charge in [0.1, 0.15) is 5.75 Å². The van der Waals surface area contributed by atoms with Crippen LogP contribution in [0.1, 0.15) is 36.0 Å². The van der Waals surface area contributed by atoms with Crippen molar-refractivity contribution < 1.29 is 24.2 Å². The lowest BCUT2D eigenvalue weighted by atomic mass is 10.1. The Morgan fingerprint density at radius 1 is 1.25 bits per heavy atom. The molecule has 6 nitrogen and oxygen atoms in total. The fourth-order valence-corrected chi connectivity index (χ4v) is 2.86. The van der Waals surface area contributed by atoms with Gasteiger partial charge in [0.25, 0.3) is 5.91 Å². The number of rotatable bonds is 7. The SMILES string of the molecule is O=C(O)COc1cccc(C(=O)N2CCCC(OCC3CC3)C2)c1. The summed E-state index contributed by atoms with van der Waals surface area (Å²) in [6.07, 6.45) is 4.58. The molecule has 0 aromatic heterocycles. The van der Waals surface area contributed by atoms with Crippen molar-refractivity contribution in [1.29, 1.82) is 0 Å². The number of aliphatic carboxylic acids is 1. The summed E-state index contributed by atoms with van der Waals surface area (Å²) >= 11 is 0. The van der Waals surface area contributed by atoms with Gasteiger partial charge in [0, 0.05) is 25.3 Å². The van der Waals surface area contributed by atoms with Crippen LogP contribution < -0.4 is 4.74 Å². The molecule has 1 saturated carbocycles. The highest BCUT2D eigenvalue weighted by atomic mass is 16.5. The number of hydrogen-bond donors (Lipinski definition) is 1. The summed E-state index contributed by atoms with van der Waals surface area (Å²) in [6.45, 7) is 1.73. The monoisotopic (exact) mass is 333 g/mol. The first-order chi connectivity index (χ1) is 11.6. The number of ether oxygens (including phenoxy) is 2. The normalized spacial score (nSPS) is 20.7. The van der Waals surface area contributed by atoms with Crippen molar-refractivity contribution in [3.8, 4) is 5.75 Å². The van der Waals surface area contributed by atoms with Gasteiger partial charge in [-0.25, -0.2) is 4.79 Å². The van der Waals surface area contributed by atoms with E-state index in [1.807, 2.05) is 4.90 Å². The number of amides is 1. The maximum Gasteiger partial charge on any atom is 0.341 e. The molecule has 1 unspecified atom stereocenters. The molecule has 1 aromatic carbocycles. The van der Waals surface area contributed by atoms with Crippen LogP contribution in [0.15, 0.2) is 24.3 Å². The van der Waals surface area contributed by atoms with E-state index in [1.54, 1.807) is 24.3 Å². The van der Waals surface area contributed by atoms with Crippen LogP contribution >= 0.6 is 0 Å². The summed E-state index contributed by atoms with van der Waals surface area (Å²) in [5.41, 5.74) is 0.515. The Labute approximate surface area is 141 Å². The minimum absolute atomic E-state index is 0.0597. The fourth-order valence-electron chi connectivity index (χ4n) is 2.86. The third-order valence-corrected chi connectivity index (χ3v) is 4.37. The van der Waals surface area contributed by atoms with Crippen molar-refractivity contribution in [3.05, 3.63) is 29.8 Å². The number of benzene rings is 1. The molecule has 3 rings (SSSR count). The third kappa shape index (κ3) is 4.71. The van der Waals surface area contributed by atoms with E-state index in [1.165, 1.54) is 12.8 Å². The molecule has 1 atom stereocenters. The van der Waals surface area contributed by atoms with Gasteiger partial charge in [-0.1, -0.05) is 6.07 Å². The van der Waals surface area contributed by atoms with E-state index < -0.39 is 12.6 Å². The zero-order chi connectivity index (χ0) is 16.9. The molecule has 0 spiro atoms. The van der Waals surface area contributed by atoms with Crippen LogP contribution in [-0.2, 0) is 9.53 Å². The van der Waals surface area contributed by atoms with Crippen LogP contribution in [0.25, 0.3) is 0 Å². The molecule has 1 aromatic rings. The predicted octanol–water partition coefficient (Wildman–Crippen LogP) is 2.18. The van der Waals surface area contributed by atoms with Crippen LogP contribution in [-0.4, -0.2) is 54.3 Å². The number of likely N-dealkylation sites (tertiary alicyclic amines) is 1. The molecule has 0 radical (unpaired) electrons. The number of carboxylic acids is 1. The molecule has 1 aliphatic heterocycles. The summed E-state index contributed by atoms with van der Waals surface area (Å²) in [7, 11) is 0. The van der Waals surface area contributed by atoms with Crippen LogP contribution in [0.2, 0.25) is 0 Å². The molecule has 24 heavy (non-hydrogen) atoms. The van der Waals surface area contributed by atoms with Crippen molar-refractivity contribution in [2.75, 3.05) is 26.3 Å². The average molecular weight is 333 g/mol. The Morgan fingerprint density at radius 2 is 2.08 bits per heavy atom. The Balaban J connectivity index is 1.57. The van der Waals surface area contributed by atoms with Gasteiger partial charge in [0.15, 0.2) is 6.61 Å². The van der Waals surface area contributed by atoms with Gasteiger partial charge in [-0.2, -0.15) is 0 Å². The second-order valence-corrected chi connectivity index (χ2v) is 6.50. The lowest BCUT2D eigenvalue weighted by molar-refractivity contribution is -0.139. The van der Waals surface area contributed by atoms with Crippen molar-refractivity contribution in [1.82, 2.24) is 4.90 Å². The molecule has 1 amide bonds. The van der Waals surface area contributed by atoms with E-state index >= 15 is 0 Å². The van der Waals surface area contributed by atoms with Gasteiger partial charge in [-0.05, 0) is 49.8 Å². The lowest BCUT2D eigenvalue weighted by Gasteiger charge is -2.32. The maximum absolute atomic E-state index is 12.7. The second kappa shape index (κ2) is 7.66. The molecule has 1 heterocycles. The summed E-state index contributed by atoms with van der Waals surface area (Å²) in [6, 6.07) is 6.68. The molecule has 2 fully saturated rings. The molecule has 6 heteroatoms. The van der Waals surface area contributed by atoms with Gasteiger partial charge in [-0.3, -0.25) is 4.79 Å². The standard InChI is InChI=1S/C18H23NO5/c20-17(21)12-24-15-4-1-3-14(9-15)18(22)19-8-2-5-16(10-19)23-11-13-6-7-13/h1,3-4,9,13,16H,2,5-8,10-12H2,(H,20,21). The number of piperidine rings is 1. The molecular weight excluding hydrogens is 310 g/mol. The number of carbonyl (C=O) groups excluding carboxylic acids is 1. The Hall–Kier alpha value is -2.08. The Bertz CT molecular complexity index is 599. The second-order valence-electron chi connectivity index (χ2n) is 6.50. The fraction of sp³-hybridized carbons (Fsp3) is 0.556. The van der Waals surface area contributed by atoms with Gasteiger partial charge in [0.05, 0.1) is 6.10 Å². The molecule has 1 saturated heterocycles. The molecular formula is C18H23NO5. The number of nitrogens with zero attached hydrogens (tertiary/aromatic N) is 1. The van der Waals surface area contributed by atoms with E-state index in [2.05, 4.69) is 0 Å². The van der Waals surface area contributed by atoms with E-state index in [9.17, 15) is 9.59 Å². The van der Waals surface area contributed by atoms with E-state index in [0.717, 1.165) is 31.9 Å². The maximum atomic E-state index is 12.7. The molecule has 1 aliphatic carbocycles. The van der Waals surface area contributed by atoms with Crippen molar-refractivity contribution in [3.63, 3.8) is 0 Å². The minimum Gasteiger partial charge on any atom is -0.482 e. The zero-order valence-electron chi connectivity index (χ0n) is 13.6. The first kappa shape index (κ1) is 16.8. The topological polar surface area (TPSA) is 76.1 Å². The van der Waals surface area contributed by atoms with E-state index in [4.69, 9.17) is 14.6 Å². The van der Waals surface area contributed by atoms with Crippen LogP contribution in [0.3, 0.4) is 0 Å².